The van der Waals surface area contributed by atoms with Crippen LogP contribution in [0.2, 0.25) is 5.02 Å². The Morgan fingerprint density at radius 1 is 0.644 bits per heavy atom. The summed E-state index contributed by atoms with van der Waals surface area (Å²) >= 11 is 6.17. The standard InChI is InChI=1S/C48H62ClFO9/c1-6-9-26-56-44-45(57-27-10-7-2)47(33-54-31-36-14-21-41(52-4)22-15-36,34-55-32-37-16-23-42(53-5)24-17-37)59-48(51,46(44)58-28-11-8-3)39-18-25-43(50)38(30-39)29-35-12-19-40(49)20-13-35/h12-25,30,44-46,51H,6-11,26-29,31-34H2,1-5H3/t44-,45-,46?,48?/m0/s1. The van der Waals surface area contributed by atoms with Gasteiger partial charge < -0.3 is 43.0 Å². The van der Waals surface area contributed by atoms with Crippen LogP contribution in [0.1, 0.15) is 87.1 Å². The van der Waals surface area contributed by atoms with Crippen molar-refractivity contribution in [3.63, 3.8) is 0 Å². The van der Waals surface area contributed by atoms with Gasteiger partial charge in [-0.1, -0.05) is 94.1 Å². The molecule has 1 N–H and O–H groups in total. The first-order valence-corrected chi connectivity index (χ1v) is 21.3. The summed E-state index contributed by atoms with van der Waals surface area (Å²) in [6.07, 6.45) is 2.50. The van der Waals surface area contributed by atoms with Crippen LogP contribution in [0.25, 0.3) is 0 Å². The summed E-state index contributed by atoms with van der Waals surface area (Å²) < 4.78 is 67.1. The van der Waals surface area contributed by atoms with Crippen molar-refractivity contribution in [1.82, 2.24) is 0 Å². The number of ether oxygens (including phenoxy) is 8. The van der Waals surface area contributed by atoms with E-state index in [1.165, 1.54) is 6.07 Å². The molecule has 1 heterocycles. The molecular formula is C48H62ClFO9. The quantitative estimate of drug-likeness (QED) is 0.0655. The van der Waals surface area contributed by atoms with Crippen molar-refractivity contribution >= 4 is 11.6 Å². The van der Waals surface area contributed by atoms with Crippen molar-refractivity contribution < 1.29 is 47.4 Å². The fourth-order valence-corrected chi connectivity index (χ4v) is 7.31. The molecule has 1 saturated heterocycles. The predicted octanol–water partition coefficient (Wildman–Crippen LogP) is 9.99. The van der Waals surface area contributed by atoms with E-state index in [1.807, 2.05) is 60.7 Å². The van der Waals surface area contributed by atoms with E-state index in [1.54, 1.807) is 38.5 Å². The van der Waals surface area contributed by atoms with Gasteiger partial charge in [-0.05, 0) is 90.0 Å². The Balaban J connectivity index is 1.62. The van der Waals surface area contributed by atoms with Crippen LogP contribution < -0.4 is 9.47 Å². The molecule has 4 aromatic carbocycles. The molecule has 0 saturated carbocycles. The molecule has 2 unspecified atom stereocenters. The lowest BCUT2D eigenvalue weighted by molar-refractivity contribution is -0.411. The molecule has 1 fully saturated rings. The van der Waals surface area contributed by atoms with Crippen molar-refractivity contribution in [3.8, 4) is 11.5 Å². The third-order valence-electron chi connectivity index (χ3n) is 10.6. The summed E-state index contributed by atoms with van der Waals surface area (Å²) in [5.41, 5.74) is 1.92. The van der Waals surface area contributed by atoms with E-state index in [0.29, 0.717) is 36.0 Å². The van der Waals surface area contributed by atoms with Crippen molar-refractivity contribution in [2.45, 2.75) is 109 Å². The molecule has 9 nitrogen and oxygen atoms in total. The van der Waals surface area contributed by atoms with Crippen molar-refractivity contribution in [2.75, 3.05) is 47.3 Å². The summed E-state index contributed by atoms with van der Waals surface area (Å²) in [4.78, 5) is 0. The third-order valence-corrected chi connectivity index (χ3v) is 10.8. The fraction of sp³-hybridized carbons (Fsp3) is 0.500. The number of halogens is 2. The first-order valence-electron chi connectivity index (χ1n) is 20.9. The highest BCUT2D eigenvalue weighted by Gasteiger charge is 2.64. The van der Waals surface area contributed by atoms with Crippen LogP contribution in [0, 0.1) is 5.82 Å². The Hall–Kier alpha value is -3.58. The number of hydrogen-bond donors (Lipinski definition) is 1. The lowest BCUT2D eigenvalue weighted by Gasteiger charge is -2.56. The predicted molar refractivity (Wildman–Crippen MR) is 228 cm³/mol. The summed E-state index contributed by atoms with van der Waals surface area (Å²) in [7, 11) is 3.25. The van der Waals surface area contributed by atoms with Crippen LogP contribution in [-0.2, 0) is 53.8 Å². The normalized spacial score (nSPS) is 20.1. The van der Waals surface area contributed by atoms with Crippen molar-refractivity contribution in [3.05, 3.63) is 130 Å². The lowest BCUT2D eigenvalue weighted by atomic mass is 9.80. The van der Waals surface area contributed by atoms with Crippen LogP contribution in [0.3, 0.4) is 0 Å². The van der Waals surface area contributed by atoms with Crippen LogP contribution in [0.5, 0.6) is 11.5 Å². The van der Waals surface area contributed by atoms with E-state index in [-0.39, 0.29) is 32.8 Å². The SMILES string of the molecule is CCCCOC1[C@@H](OCCCC)[C@H](OCCCC)C(COCc2ccc(OC)cc2)(COCc2ccc(OC)cc2)OC1(O)c1ccc(F)c(Cc2ccc(Cl)cc2)c1. The minimum atomic E-state index is -2.16. The molecule has 0 aromatic heterocycles. The Labute approximate surface area is 355 Å². The second-order valence-electron chi connectivity index (χ2n) is 15.1. The van der Waals surface area contributed by atoms with Gasteiger partial charge in [0.2, 0.25) is 5.79 Å². The first-order chi connectivity index (χ1) is 28.7. The van der Waals surface area contributed by atoms with Crippen molar-refractivity contribution in [1.29, 1.82) is 0 Å². The van der Waals surface area contributed by atoms with Crippen LogP contribution >= 0.6 is 11.6 Å². The van der Waals surface area contributed by atoms with E-state index in [4.69, 9.17) is 49.5 Å². The Morgan fingerprint density at radius 3 is 1.64 bits per heavy atom. The Bertz CT molecular complexity index is 1750. The number of unbranched alkanes of at least 4 members (excludes halogenated alkanes) is 3. The zero-order valence-corrected chi connectivity index (χ0v) is 36.0. The molecule has 11 heteroatoms. The minimum absolute atomic E-state index is 0.0467. The van der Waals surface area contributed by atoms with Gasteiger partial charge in [0.1, 0.15) is 41.2 Å². The highest BCUT2D eigenvalue weighted by Crippen LogP contribution is 2.46. The number of benzene rings is 4. The molecule has 4 atom stereocenters. The van der Waals surface area contributed by atoms with Gasteiger partial charge in [0.15, 0.2) is 0 Å². The highest BCUT2D eigenvalue weighted by molar-refractivity contribution is 6.30. The molecule has 0 spiro atoms. The van der Waals surface area contributed by atoms with Crippen LogP contribution in [-0.4, -0.2) is 76.3 Å². The Morgan fingerprint density at radius 2 is 1.14 bits per heavy atom. The highest BCUT2D eigenvalue weighted by atomic mass is 35.5. The van der Waals surface area contributed by atoms with Gasteiger partial charge in [-0.25, -0.2) is 4.39 Å². The van der Waals surface area contributed by atoms with E-state index in [9.17, 15) is 5.11 Å². The third kappa shape index (κ3) is 12.7. The van der Waals surface area contributed by atoms with Crippen LogP contribution in [0.4, 0.5) is 4.39 Å². The fourth-order valence-electron chi connectivity index (χ4n) is 7.18. The average molecular weight is 837 g/mol. The molecule has 0 aliphatic carbocycles. The minimum Gasteiger partial charge on any atom is -0.497 e. The summed E-state index contributed by atoms with van der Waals surface area (Å²) in [6.45, 7) is 7.76. The second kappa shape index (κ2) is 23.4. The summed E-state index contributed by atoms with van der Waals surface area (Å²) in [5.74, 6) is -1.11. The number of methoxy groups -OCH3 is 2. The van der Waals surface area contributed by atoms with Gasteiger partial charge in [-0.15, -0.1) is 0 Å². The van der Waals surface area contributed by atoms with Gasteiger partial charge in [-0.2, -0.15) is 0 Å². The maximum absolute atomic E-state index is 15.7. The van der Waals surface area contributed by atoms with Crippen molar-refractivity contribution in [2.24, 2.45) is 0 Å². The lowest BCUT2D eigenvalue weighted by Crippen LogP contribution is -2.73. The van der Waals surface area contributed by atoms with E-state index in [0.717, 1.165) is 66.7 Å². The number of rotatable bonds is 25. The molecular weight excluding hydrogens is 775 g/mol. The van der Waals surface area contributed by atoms with Gasteiger partial charge >= 0.3 is 0 Å². The molecule has 1 aliphatic heterocycles. The molecule has 0 amide bonds. The summed E-state index contributed by atoms with van der Waals surface area (Å²) in [5, 5.41) is 13.9. The summed E-state index contributed by atoms with van der Waals surface area (Å²) in [6, 6.07) is 27.1. The number of hydrogen-bond acceptors (Lipinski definition) is 9. The maximum atomic E-state index is 15.7. The molecule has 4 aromatic rings. The average Bonchev–Trinajstić information content (AvgIpc) is 3.25. The van der Waals surface area contributed by atoms with Crippen LogP contribution in [0.15, 0.2) is 91.0 Å². The topological polar surface area (TPSA) is 94.1 Å². The molecule has 59 heavy (non-hydrogen) atoms. The zero-order chi connectivity index (χ0) is 42.1. The first kappa shape index (κ1) is 46.5. The van der Waals surface area contributed by atoms with E-state index in [2.05, 4.69) is 20.8 Å². The van der Waals surface area contributed by atoms with Gasteiger partial charge in [-0.3, -0.25) is 0 Å². The maximum Gasteiger partial charge on any atom is 0.223 e. The van der Waals surface area contributed by atoms with E-state index < -0.39 is 35.5 Å². The van der Waals surface area contributed by atoms with Gasteiger partial charge in [0.05, 0.1) is 40.6 Å². The molecule has 5 rings (SSSR count). The molecule has 0 bridgehead atoms. The largest absolute Gasteiger partial charge is 0.497 e. The number of aliphatic hydroxyl groups is 1. The Kier molecular flexibility index (Phi) is 18.5. The molecule has 322 valence electrons. The molecule has 0 radical (unpaired) electrons. The molecule has 1 aliphatic rings. The zero-order valence-electron chi connectivity index (χ0n) is 35.3. The monoisotopic (exact) mass is 836 g/mol. The van der Waals surface area contributed by atoms with Gasteiger partial charge in [0, 0.05) is 36.8 Å². The smallest absolute Gasteiger partial charge is 0.223 e. The van der Waals surface area contributed by atoms with E-state index >= 15 is 4.39 Å². The second-order valence-corrected chi connectivity index (χ2v) is 15.6. The van der Waals surface area contributed by atoms with Gasteiger partial charge in [0.25, 0.3) is 0 Å².